The molecule has 262 valence electrons. The van der Waals surface area contributed by atoms with Crippen LogP contribution >= 0.6 is 0 Å². The molecule has 0 aliphatic carbocycles. The average molecular weight is 702 g/mol. The van der Waals surface area contributed by atoms with Crippen LogP contribution in [0.15, 0.2) is 83.8 Å². The number of rotatable bonds is 13. The first kappa shape index (κ1) is 37.7. The van der Waals surface area contributed by atoms with E-state index in [4.69, 9.17) is 13.9 Å². The predicted octanol–water partition coefficient (Wildman–Crippen LogP) is 6.86. The lowest BCUT2D eigenvalue weighted by Crippen LogP contribution is -2.66. The lowest BCUT2D eigenvalue weighted by Gasteiger charge is -2.43. The van der Waals surface area contributed by atoms with Gasteiger partial charge in [0.15, 0.2) is 6.61 Å². The molecule has 3 aromatic rings. The van der Waals surface area contributed by atoms with E-state index in [9.17, 15) is 13.2 Å². The molecule has 0 unspecified atom stereocenters. The Morgan fingerprint density at radius 1 is 0.917 bits per heavy atom. The van der Waals surface area contributed by atoms with Crippen molar-refractivity contribution in [2.24, 2.45) is 0 Å². The minimum atomic E-state index is -4.26. The number of carbonyl (C=O) groups is 1. The summed E-state index contributed by atoms with van der Waals surface area (Å²) in [7, 11) is -7.13. The Morgan fingerprint density at radius 2 is 1.50 bits per heavy atom. The van der Waals surface area contributed by atoms with Gasteiger partial charge in [0, 0.05) is 19.6 Å². The Labute approximate surface area is 285 Å². The van der Waals surface area contributed by atoms with Crippen LogP contribution in [0.5, 0.6) is 5.75 Å². The second kappa shape index (κ2) is 14.8. The molecular formula is C37H49F2NO6SSi. The monoisotopic (exact) mass is 701 g/mol. The minimum absolute atomic E-state index is 0.0746. The zero-order chi connectivity index (χ0) is 35.4. The molecule has 0 spiro atoms. The van der Waals surface area contributed by atoms with Crippen LogP contribution in [0.2, 0.25) is 5.04 Å². The third-order valence-electron chi connectivity index (χ3n) is 8.43. The Hall–Kier alpha value is -3.12. The smallest absolute Gasteiger partial charge is 0.324 e. The minimum Gasteiger partial charge on any atom is -0.486 e. The largest absolute Gasteiger partial charge is 0.486 e. The molecule has 0 aromatic heterocycles. The standard InChI is InChI=1S/C37H49F2NO6SSi/c1-28-21-22-33(47(42,43)40-24-14-20-31(40)34(41)46-35(2,3)4)32(26-28)44-27-37(38,39)23-15-25-45-48(36(5,6)7,29-16-10-8-11-17-29)30-18-12-9-13-19-30/h8-13,16-19,21-22,26,31H,14-15,20,23-25,27H2,1-7H3/t31-/m0/s1. The van der Waals surface area contributed by atoms with E-state index in [1.54, 1.807) is 33.8 Å². The number of ether oxygens (including phenoxy) is 2. The van der Waals surface area contributed by atoms with Crippen molar-refractivity contribution in [2.75, 3.05) is 19.8 Å². The van der Waals surface area contributed by atoms with Crippen LogP contribution in [0.4, 0.5) is 8.78 Å². The summed E-state index contributed by atoms with van der Waals surface area (Å²) in [6.07, 6.45) is 0.348. The van der Waals surface area contributed by atoms with E-state index >= 15 is 8.78 Å². The Kier molecular flexibility index (Phi) is 11.6. The SMILES string of the molecule is Cc1ccc(S(=O)(=O)N2CCC[C@H]2C(=O)OC(C)(C)C)c(OCC(F)(F)CCCO[Si](c2ccccc2)(c2ccccc2)C(C)(C)C)c1. The molecule has 7 nitrogen and oxygen atoms in total. The van der Waals surface area contributed by atoms with Crippen LogP contribution in [0, 0.1) is 6.92 Å². The van der Waals surface area contributed by atoms with Gasteiger partial charge < -0.3 is 13.9 Å². The molecule has 1 heterocycles. The third kappa shape index (κ3) is 8.72. The number of carbonyl (C=O) groups excluding carboxylic acids is 1. The second-order valence-corrected chi connectivity index (χ2v) is 20.7. The van der Waals surface area contributed by atoms with Gasteiger partial charge in [-0.25, -0.2) is 17.2 Å². The molecule has 1 atom stereocenters. The highest BCUT2D eigenvalue weighted by molar-refractivity contribution is 7.89. The fourth-order valence-electron chi connectivity index (χ4n) is 6.27. The molecule has 4 rings (SSSR count). The van der Waals surface area contributed by atoms with Crippen LogP contribution in [0.3, 0.4) is 0 Å². The number of aryl methyl sites for hydroxylation is 1. The van der Waals surface area contributed by atoms with Crippen molar-refractivity contribution < 1.29 is 35.9 Å². The molecule has 11 heteroatoms. The maximum absolute atomic E-state index is 15.4. The molecule has 1 saturated heterocycles. The van der Waals surface area contributed by atoms with Crippen molar-refractivity contribution in [2.45, 2.75) is 102 Å². The Balaban J connectivity index is 1.48. The summed E-state index contributed by atoms with van der Waals surface area (Å²) < 4.78 is 77.3. The van der Waals surface area contributed by atoms with E-state index in [2.05, 4.69) is 45.0 Å². The maximum Gasteiger partial charge on any atom is 0.324 e. The Bertz CT molecular complexity index is 1600. The number of benzene rings is 3. The molecule has 3 aromatic carbocycles. The zero-order valence-electron chi connectivity index (χ0n) is 29.1. The number of sulfonamides is 1. The average Bonchev–Trinajstić information content (AvgIpc) is 3.51. The number of hydrogen-bond donors (Lipinski definition) is 0. The van der Waals surface area contributed by atoms with E-state index < -0.39 is 54.9 Å². The molecule has 0 N–H and O–H groups in total. The molecular weight excluding hydrogens is 653 g/mol. The molecule has 48 heavy (non-hydrogen) atoms. The summed E-state index contributed by atoms with van der Waals surface area (Å²) in [6.45, 7) is 12.5. The van der Waals surface area contributed by atoms with Crippen LogP contribution in [-0.2, 0) is 24.0 Å². The number of alkyl halides is 2. The summed E-state index contributed by atoms with van der Waals surface area (Å²) in [6, 6.07) is 23.4. The lowest BCUT2D eigenvalue weighted by molar-refractivity contribution is -0.158. The van der Waals surface area contributed by atoms with Crippen molar-refractivity contribution in [3.8, 4) is 5.75 Å². The van der Waals surface area contributed by atoms with Crippen LogP contribution in [-0.4, -0.2) is 64.3 Å². The van der Waals surface area contributed by atoms with Crippen LogP contribution < -0.4 is 15.1 Å². The van der Waals surface area contributed by atoms with Gasteiger partial charge in [0.2, 0.25) is 10.0 Å². The van der Waals surface area contributed by atoms with Crippen molar-refractivity contribution >= 4 is 34.7 Å². The quantitative estimate of drug-likeness (QED) is 0.110. The summed E-state index contributed by atoms with van der Waals surface area (Å²) in [5.41, 5.74) is -0.139. The number of esters is 1. The maximum atomic E-state index is 15.4. The highest BCUT2D eigenvalue weighted by atomic mass is 32.2. The summed E-state index contributed by atoms with van der Waals surface area (Å²) in [5.74, 6) is -4.07. The van der Waals surface area contributed by atoms with Crippen LogP contribution in [0.1, 0.15) is 72.8 Å². The number of hydrogen-bond acceptors (Lipinski definition) is 6. The van der Waals surface area contributed by atoms with E-state index in [0.29, 0.717) is 18.4 Å². The summed E-state index contributed by atoms with van der Waals surface area (Å²) >= 11 is 0. The zero-order valence-corrected chi connectivity index (χ0v) is 30.9. The first-order chi connectivity index (χ1) is 22.4. The van der Waals surface area contributed by atoms with E-state index in [1.165, 1.54) is 12.1 Å². The van der Waals surface area contributed by atoms with Crippen molar-refractivity contribution in [1.82, 2.24) is 4.31 Å². The van der Waals surface area contributed by atoms with Gasteiger partial charge in [-0.3, -0.25) is 4.79 Å². The van der Waals surface area contributed by atoms with Crippen molar-refractivity contribution in [1.29, 1.82) is 0 Å². The van der Waals surface area contributed by atoms with Crippen molar-refractivity contribution in [3.05, 3.63) is 84.4 Å². The Morgan fingerprint density at radius 3 is 2.04 bits per heavy atom. The molecule has 0 bridgehead atoms. The normalized spacial score (nSPS) is 16.6. The van der Waals surface area contributed by atoms with E-state index in [0.717, 1.165) is 14.7 Å². The topological polar surface area (TPSA) is 82.1 Å². The fraction of sp³-hybridized carbons (Fsp3) is 0.486. The van der Waals surface area contributed by atoms with Gasteiger partial charge in [0.1, 0.15) is 22.3 Å². The lowest BCUT2D eigenvalue weighted by atomic mass is 10.2. The second-order valence-electron chi connectivity index (χ2n) is 14.5. The molecule has 0 amide bonds. The van der Waals surface area contributed by atoms with Gasteiger partial charge in [-0.15, -0.1) is 0 Å². The van der Waals surface area contributed by atoms with Gasteiger partial charge in [-0.05, 0) is 80.1 Å². The number of halogens is 2. The van der Waals surface area contributed by atoms with E-state index in [1.807, 2.05) is 36.4 Å². The van der Waals surface area contributed by atoms with Gasteiger partial charge in [0.05, 0.1) is 0 Å². The molecule has 1 fully saturated rings. The third-order valence-corrected chi connectivity index (χ3v) is 15.4. The van der Waals surface area contributed by atoms with Crippen molar-refractivity contribution in [3.63, 3.8) is 0 Å². The van der Waals surface area contributed by atoms with Gasteiger partial charge in [-0.1, -0.05) is 87.5 Å². The van der Waals surface area contributed by atoms with E-state index in [-0.39, 0.29) is 35.3 Å². The fourth-order valence-corrected chi connectivity index (χ4v) is 12.6. The molecule has 0 radical (unpaired) electrons. The van der Waals surface area contributed by atoms with Gasteiger partial charge in [0.25, 0.3) is 14.2 Å². The van der Waals surface area contributed by atoms with Crippen LogP contribution in [0.25, 0.3) is 0 Å². The predicted molar refractivity (Wildman–Crippen MR) is 187 cm³/mol. The first-order valence-electron chi connectivity index (χ1n) is 16.5. The van der Waals surface area contributed by atoms with Gasteiger partial charge in [-0.2, -0.15) is 4.31 Å². The first-order valence-corrected chi connectivity index (χ1v) is 19.8. The highest BCUT2D eigenvalue weighted by Gasteiger charge is 2.50. The van der Waals surface area contributed by atoms with Gasteiger partial charge >= 0.3 is 5.97 Å². The summed E-state index contributed by atoms with van der Waals surface area (Å²) in [5, 5.41) is 1.85. The highest BCUT2D eigenvalue weighted by Crippen LogP contribution is 2.38. The molecule has 1 aliphatic heterocycles. The molecule has 1 aliphatic rings. The molecule has 0 saturated carbocycles. The summed E-state index contributed by atoms with van der Waals surface area (Å²) in [4.78, 5) is 12.6. The number of nitrogens with zero attached hydrogens (tertiary/aromatic N) is 1.